The Bertz CT molecular complexity index is 895. The maximum Gasteiger partial charge on any atom is 0.194 e. The minimum absolute atomic E-state index is 0.237. The molecule has 1 heterocycles. The lowest BCUT2D eigenvalue weighted by Crippen LogP contribution is -2.52. The predicted molar refractivity (Wildman–Crippen MR) is 121 cm³/mol. The number of aromatic hydroxyl groups is 1. The van der Waals surface area contributed by atoms with Crippen molar-refractivity contribution in [3.05, 3.63) is 47.5 Å². The number of nitrogens with one attached hydrogen (secondary N) is 1. The zero-order chi connectivity index (χ0) is 22.2. The summed E-state index contributed by atoms with van der Waals surface area (Å²) in [5, 5.41) is 13.5. The first-order valence-electron chi connectivity index (χ1n) is 10.3. The molecule has 0 amide bonds. The van der Waals surface area contributed by atoms with Crippen LogP contribution in [-0.4, -0.2) is 75.4 Å². The average molecular weight is 429 g/mol. The lowest BCUT2D eigenvalue weighted by Gasteiger charge is -2.36. The smallest absolute Gasteiger partial charge is 0.194 e. The molecule has 0 aromatic heterocycles. The van der Waals surface area contributed by atoms with E-state index >= 15 is 0 Å². The molecule has 0 spiro atoms. The monoisotopic (exact) mass is 428 g/mol. The molecule has 0 aliphatic carbocycles. The van der Waals surface area contributed by atoms with E-state index in [1.54, 1.807) is 40.5 Å². The number of guanidine groups is 1. The van der Waals surface area contributed by atoms with Crippen molar-refractivity contribution in [1.29, 1.82) is 0 Å². The van der Waals surface area contributed by atoms with E-state index in [-0.39, 0.29) is 5.75 Å². The second-order valence-electron chi connectivity index (χ2n) is 7.34. The van der Waals surface area contributed by atoms with Crippen LogP contribution in [0.1, 0.15) is 11.1 Å². The van der Waals surface area contributed by atoms with Gasteiger partial charge in [-0.3, -0.25) is 9.89 Å². The van der Waals surface area contributed by atoms with Gasteiger partial charge in [0, 0.05) is 57.4 Å². The Morgan fingerprint density at radius 1 is 0.935 bits per heavy atom. The Labute approximate surface area is 184 Å². The molecule has 1 aliphatic rings. The molecule has 2 aromatic rings. The summed E-state index contributed by atoms with van der Waals surface area (Å²) in [5.41, 5.74) is 1.88. The summed E-state index contributed by atoms with van der Waals surface area (Å²) in [7, 11) is 6.76. The van der Waals surface area contributed by atoms with E-state index in [4.69, 9.17) is 14.2 Å². The van der Waals surface area contributed by atoms with Gasteiger partial charge in [0.15, 0.2) is 5.96 Å². The van der Waals surface area contributed by atoms with Crippen LogP contribution in [-0.2, 0) is 13.1 Å². The lowest BCUT2D eigenvalue weighted by atomic mass is 10.1. The van der Waals surface area contributed by atoms with Crippen LogP contribution >= 0.6 is 0 Å². The van der Waals surface area contributed by atoms with Gasteiger partial charge in [-0.15, -0.1) is 0 Å². The molecule has 3 rings (SSSR count). The van der Waals surface area contributed by atoms with E-state index in [1.807, 2.05) is 24.3 Å². The average Bonchev–Trinajstić information content (AvgIpc) is 2.81. The van der Waals surface area contributed by atoms with Gasteiger partial charge in [0.2, 0.25) is 0 Å². The van der Waals surface area contributed by atoms with Gasteiger partial charge < -0.3 is 29.5 Å². The number of methoxy groups -OCH3 is 3. The molecule has 2 aromatic carbocycles. The van der Waals surface area contributed by atoms with Gasteiger partial charge in [-0.05, 0) is 36.4 Å². The SMILES string of the molecule is CN=C(NCc1cc(OC)ccc1O)N1CCN(Cc2cc(OC)ccc2OC)CC1. The van der Waals surface area contributed by atoms with E-state index < -0.39 is 0 Å². The van der Waals surface area contributed by atoms with Gasteiger partial charge in [-0.25, -0.2) is 0 Å². The van der Waals surface area contributed by atoms with Crippen molar-refractivity contribution in [1.82, 2.24) is 15.1 Å². The van der Waals surface area contributed by atoms with Gasteiger partial charge in [0.25, 0.3) is 0 Å². The van der Waals surface area contributed by atoms with E-state index in [1.165, 1.54) is 0 Å². The van der Waals surface area contributed by atoms with E-state index in [0.29, 0.717) is 12.3 Å². The molecule has 8 heteroatoms. The minimum atomic E-state index is 0.237. The van der Waals surface area contributed by atoms with Crippen LogP contribution in [0, 0.1) is 0 Å². The number of aliphatic imine (C=N–C) groups is 1. The number of hydrogen-bond acceptors (Lipinski definition) is 6. The van der Waals surface area contributed by atoms with Crippen molar-refractivity contribution in [3.63, 3.8) is 0 Å². The highest BCUT2D eigenvalue weighted by molar-refractivity contribution is 5.80. The first-order chi connectivity index (χ1) is 15.1. The number of piperazine rings is 1. The fraction of sp³-hybridized carbons (Fsp3) is 0.435. The summed E-state index contributed by atoms with van der Waals surface area (Å²) >= 11 is 0. The van der Waals surface area contributed by atoms with Crippen LogP contribution in [0.25, 0.3) is 0 Å². The first-order valence-corrected chi connectivity index (χ1v) is 10.3. The topological polar surface area (TPSA) is 78.8 Å². The van der Waals surface area contributed by atoms with Crippen LogP contribution in [0.15, 0.2) is 41.4 Å². The molecule has 1 saturated heterocycles. The summed E-state index contributed by atoms with van der Waals surface area (Å²) in [6.45, 7) is 4.80. The van der Waals surface area contributed by atoms with Crippen molar-refractivity contribution < 1.29 is 19.3 Å². The summed E-state index contributed by atoms with van der Waals surface area (Å²) < 4.78 is 16.1. The molecule has 0 unspecified atom stereocenters. The number of rotatable bonds is 7. The first kappa shape index (κ1) is 22.6. The standard InChI is InChI=1S/C23H32N4O4/c1-24-23(25-15-17-13-19(29-2)5-7-21(17)28)27-11-9-26(10-12-27)16-18-14-20(30-3)6-8-22(18)31-4/h5-8,13-14,28H,9-12,15-16H2,1-4H3,(H,24,25). The van der Waals surface area contributed by atoms with Gasteiger partial charge in [0.05, 0.1) is 21.3 Å². The molecule has 0 radical (unpaired) electrons. The van der Waals surface area contributed by atoms with Crippen LogP contribution in [0.4, 0.5) is 0 Å². The molecule has 0 atom stereocenters. The number of ether oxygens (including phenoxy) is 3. The molecule has 8 nitrogen and oxygen atoms in total. The van der Waals surface area contributed by atoms with Crippen molar-refractivity contribution in [2.24, 2.45) is 4.99 Å². The second-order valence-corrected chi connectivity index (χ2v) is 7.34. The van der Waals surface area contributed by atoms with Crippen molar-refractivity contribution in [2.75, 3.05) is 54.6 Å². The third-order valence-electron chi connectivity index (χ3n) is 5.49. The highest BCUT2D eigenvalue weighted by Gasteiger charge is 2.21. The fourth-order valence-corrected chi connectivity index (χ4v) is 3.70. The quantitative estimate of drug-likeness (QED) is 0.518. The number of hydrogen-bond donors (Lipinski definition) is 2. The summed E-state index contributed by atoms with van der Waals surface area (Å²) in [5.74, 6) is 3.48. The Balaban J connectivity index is 1.56. The molecule has 168 valence electrons. The van der Waals surface area contributed by atoms with E-state index in [9.17, 15) is 5.11 Å². The molecule has 1 fully saturated rings. The molecule has 0 saturated carbocycles. The van der Waals surface area contributed by atoms with Crippen molar-refractivity contribution in [3.8, 4) is 23.0 Å². The number of nitrogens with zero attached hydrogens (tertiary/aromatic N) is 3. The lowest BCUT2D eigenvalue weighted by molar-refractivity contribution is 0.171. The Hall–Kier alpha value is -3.13. The minimum Gasteiger partial charge on any atom is -0.508 e. The molecule has 31 heavy (non-hydrogen) atoms. The molecule has 2 N–H and O–H groups in total. The second kappa shape index (κ2) is 10.8. The van der Waals surface area contributed by atoms with Gasteiger partial charge in [-0.1, -0.05) is 0 Å². The van der Waals surface area contributed by atoms with Crippen molar-refractivity contribution in [2.45, 2.75) is 13.1 Å². The highest BCUT2D eigenvalue weighted by atomic mass is 16.5. The largest absolute Gasteiger partial charge is 0.508 e. The Morgan fingerprint density at radius 2 is 1.58 bits per heavy atom. The zero-order valence-corrected chi connectivity index (χ0v) is 18.7. The molecular weight excluding hydrogens is 396 g/mol. The van der Waals surface area contributed by atoms with Gasteiger partial charge in [0.1, 0.15) is 23.0 Å². The maximum atomic E-state index is 10.1. The normalized spacial score (nSPS) is 15.0. The fourth-order valence-electron chi connectivity index (χ4n) is 3.70. The van der Waals surface area contributed by atoms with Crippen LogP contribution in [0.2, 0.25) is 0 Å². The highest BCUT2D eigenvalue weighted by Crippen LogP contribution is 2.26. The number of phenolic OH excluding ortho intramolecular Hbond substituents is 1. The van der Waals surface area contributed by atoms with Gasteiger partial charge in [-0.2, -0.15) is 0 Å². The van der Waals surface area contributed by atoms with E-state index in [2.05, 4.69) is 20.1 Å². The maximum absolute atomic E-state index is 10.1. The van der Waals surface area contributed by atoms with Crippen LogP contribution < -0.4 is 19.5 Å². The molecule has 0 bridgehead atoms. The number of benzene rings is 2. The zero-order valence-electron chi connectivity index (χ0n) is 18.7. The number of phenols is 1. The van der Waals surface area contributed by atoms with Gasteiger partial charge >= 0.3 is 0 Å². The van der Waals surface area contributed by atoms with Crippen LogP contribution in [0.3, 0.4) is 0 Å². The Morgan fingerprint density at radius 3 is 2.19 bits per heavy atom. The summed E-state index contributed by atoms with van der Waals surface area (Å²) in [6, 6.07) is 11.1. The van der Waals surface area contributed by atoms with Crippen LogP contribution in [0.5, 0.6) is 23.0 Å². The van der Waals surface area contributed by atoms with Crippen molar-refractivity contribution >= 4 is 5.96 Å². The third-order valence-corrected chi connectivity index (χ3v) is 5.49. The third kappa shape index (κ3) is 5.73. The Kier molecular flexibility index (Phi) is 7.83. The molecule has 1 aliphatic heterocycles. The molecular formula is C23H32N4O4. The predicted octanol–water partition coefficient (Wildman–Crippen LogP) is 2.31. The van der Waals surface area contributed by atoms with E-state index in [0.717, 1.165) is 61.3 Å². The summed E-state index contributed by atoms with van der Waals surface area (Å²) in [6.07, 6.45) is 0. The summed E-state index contributed by atoms with van der Waals surface area (Å²) in [4.78, 5) is 9.05.